The molecule has 1 aromatic heterocycles. The summed E-state index contributed by atoms with van der Waals surface area (Å²) in [7, 11) is 0. The van der Waals surface area contributed by atoms with E-state index in [9.17, 15) is 31.1 Å². The maximum atomic E-state index is 12.5. The summed E-state index contributed by atoms with van der Waals surface area (Å²) in [5.41, 5.74) is 1.94. The van der Waals surface area contributed by atoms with Gasteiger partial charge in [-0.25, -0.2) is 4.98 Å². The number of thiazole rings is 1. The molecule has 1 amide bonds. The summed E-state index contributed by atoms with van der Waals surface area (Å²) in [6.07, 6.45) is -11.5. The van der Waals surface area contributed by atoms with Gasteiger partial charge in [0, 0.05) is 10.9 Å². The van der Waals surface area contributed by atoms with Gasteiger partial charge in [-0.3, -0.25) is 4.79 Å². The lowest BCUT2D eigenvalue weighted by Crippen LogP contribution is -2.45. The van der Waals surface area contributed by atoms with Crippen molar-refractivity contribution >= 4 is 22.4 Å². The number of halogens is 6. The number of carbonyl (C=O) groups excluding carboxylic acids is 1. The van der Waals surface area contributed by atoms with E-state index in [-0.39, 0.29) is 5.13 Å². The van der Waals surface area contributed by atoms with Crippen molar-refractivity contribution in [1.29, 1.82) is 0 Å². The zero-order chi connectivity index (χ0) is 18.1. The summed E-state index contributed by atoms with van der Waals surface area (Å²) >= 11 is 0.738. The average Bonchev–Trinajstić information content (AvgIpc) is 2.84. The third kappa shape index (κ3) is 4.25. The average molecular weight is 368 g/mol. The minimum absolute atomic E-state index is 0.339. The van der Waals surface area contributed by atoms with E-state index < -0.39 is 24.2 Å². The molecule has 0 bridgehead atoms. The number of nitrogens with one attached hydrogen (secondary N) is 1. The van der Waals surface area contributed by atoms with Gasteiger partial charge in [0.1, 0.15) is 0 Å². The monoisotopic (exact) mass is 368 g/mol. The van der Waals surface area contributed by atoms with Crippen LogP contribution >= 0.6 is 11.3 Å². The Balaban J connectivity index is 2.19. The van der Waals surface area contributed by atoms with Crippen molar-refractivity contribution in [2.45, 2.75) is 19.3 Å². The molecule has 3 nitrogen and oxygen atoms in total. The van der Waals surface area contributed by atoms with E-state index in [4.69, 9.17) is 0 Å². The summed E-state index contributed by atoms with van der Waals surface area (Å²) in [5, 5.41) is 2.67. The molecule has 2 aromatic rings. The molecule has 130 valence electrons. The Labute approximate surface area is 136 Å². The molecule has 0 spiro atoms. The number of alkyl halides is 6. The maximum absolute atomic E-state index is 12.5. The van der Waals surface area contributed by atoms with E-state index in [2.05, 4.69) is 4.98 Å². The van der Waals surface area contributed by atoms with Gasteiger partial charge < -0.3 is 5.32 Å². The second-order valence-electron chi connectivity index (χ2n) is 4.91. The van der Waals surface area contributed by atoms with Crippen molar-refractivity contribution in [1.82, 2.24) is 4.98 Å². The van der Waals surface area contributed by atoms with Crippen LogP contribution in [0.4, 0.5) is 31.5 Å². The van der Waals surface area contributed by atoms with E-state index in [1.54, 1.807) is 29.6 Å². The van der Waals surface area contributed by atoms with E-state index in [0.29, 0.717) is 11.3 Å². The summed E-state index contributed by atoms with van der Waals surface area (Å²) in [4.78, 5) is 15.3. The van der Waals surface area contributed by atoms with Gasteiger partial charge in [0.2, 0.25) is 11.8 Å². The molecule has 0 atom stereocenters. The standard InChI is InChI=1S/C14H10F6N2OS/c1-7-2-4-8(5-3-7)9-6-24-12(21-9)22-11(23)10(13(15,16)17)14(18,19)20/h2-6,10H,1H3,(H,21,22,23). The van der Waals surface area contributed by atoms with Crippen molar-refractivity contribution in [2.75, 3.05) is 5.32 Å². The zero-order valence-electron chi connectivity index (χ0n) is 12.0. The van der Waals surface area contributed by atoms with Crippen LogP contribution in [0.5, 0.6) is 0 Å². The van der Waals surface area contributed by atoms with E-state index in [0.717, 1.165) is 16.9 Å². The second-order valence-corrected chi connectivity index (χ2v) is 5.77. The Kier molecular flexibility index (Phi) is 4.88. The van der Waals surface area contributed by atoms with Crippen molar-refractivity contribution in [2.24, 2.45) is 5.92 Å². The van der Waals surface area contributed by atoms with Crippen LogP contribution in [0.2, 0.25) is 0 Å². The number of carbonyl (C=O) groups is 1. The fraction of sp³-hybridized carbons (Fsp3) is 0.286. The van der Waals surface area contributed by atoms with Crippen LogP contribution in [0.1, 0.15) is 5.56 Å². The fourth-order valence-corrected chi connectivity index (χ4v) is 2.57. The van der Waals surface area contributed by atoms with E-state index in [1.807, 2.05) is 6.92 Å². The minimum atomic E-state index is -5.74. The number of hydrogen-bond donors (Lipinski definition) is 1. The number of aryl methyl sites for hydroxylation is 1. The topological polar surface area (TPSA) is 42.0 Å². The van der Waals surface area contributed by atoms with E-state index in [1.165, 1.54) is 5.38 Å². The molecule has 0 saturated carbocycles. The lowest BCUT2D eigenvalue weighted by atomic mass is 10.1. The smallest absolute Gasteiger partial charge is 0.301 e. The first-order valence-electron chi connectivity index (χ1n) is 6.45. The van der Waals surface area contributed by atoms with Crippen LogP contribution in [-0.2, 0) is 4.79 Å². The Morgan fingerprint density at radius 1 is 1.08 bits per heavy atom. The van der Waals surface area contributed by atoms with Gasteiger partial charge in [0.15, 0.2) is 5.13 Å². The molecular weight excluding hydrogens is 358 g/mol. The van der Waals surface area contributed by atoms with Crippen LogP contribution in [0.15, 0.2) is 29.6 Å². The quantitative estimate of drug-likeness (QED) is 0.791. The maximum Gasteiger partial charge on any atom is 0.409 e. The highest BCUT2D eigenvalue weighted by molar-refractivity contribution is 7.14. The molecule has 1 heterocycles. The number of nitrogens with zero attached hydrogens (tertiary/aromatic N) is 1. The molecular formula is C14H10F6N2OS. The van der Waals surface area contributed by atoms with Crippen molar-refractivity contribution in [3.63, 3.8) is 0 Å². The summed E-state index contributed by atoms with van der Waals surface area (Å²) in [6, 6.07) is 6.95. The van der Waals surface area contributed by atoms with Gasteiger partial charge in [-0.1, -0.05) is 29.8 Å². The van der Waals surface area contributed by atoms with Gasteiger partial charge in [0.05, 0.1) is 5.69 Å². The first-order valence-corrected chi connectivity index (χ1v) is 7.33. The number of hydrogen-bond acceptors (Lipinski definition) is 3. The van der Waals surface area contributed by atoms with Gasteiger partial charge in [-0.2, -0.15) is 26.3 Å². The summed E-state index contributed by atoms with van der Waals surface area (Å²) in [5.74, 6) is -6.31. The Hall–Kier alpha value is -2.10. The molecule has 0 saturated heterocycles. The van der Waals surface area contributed by atoms with Gasteiger partial charge in [-0.05, 0) is 6.92 Å². The van der Waals surface area contributed by atoms with Crippen LogP contribution < -0.4 is 5.32 Å². The highest BCUT2D eigenvalue weighted by atomic mass is 32.1. The molecule has 0 aliphatic carbocycles. The Morgan fingerprint density at radius 2 is 1.62 bits per heavy atom. The minimum Gasteiger partial charge on any atom is -0.301 e. The van der Waals surface area contributed by atoms with Crippen LogP contribution in [0, 0.1) is 12.8 Å². The molecule has 0 radical (unpaired) electrons. The summed E-state index contributed by atoms with van der Waals surface area (Å²) in [6.45, 7) is 1.85. The first kappa shape index (κ1) is 18.2. The van der Waals surface area contributed by atoms with Crippen molar-refractivity contribution in [3.8, 4) is 11.3 Å². The number of benzene rings is 1. The van der Waals surface area contributed by atoms with E-state index >= 15 is 0 Å². The Bertz CT molecular complexity index is 706. The molecule has 0 aliphatic rings. The number of aromatic nitrogens is 1. The second kappa shape index (κ2) is 6.42. The number of amides is 1. The largest absolute Gasteiger partial charge is 0.409 e. The third-order valence-electron chi connectivity index (χ3n) is 3.00. The zero-order valence-corrected chi connectivity index (χ0v) is 12.8. The molecule has 0 unspecified atom stereocenters. The number of rotatable bonds is 3. The fourth-order valence-electron chi connectivity index (χ4n) is 1.85. The predicted molar refractivity (Wildman–Crippen MR) is 76.5 cm³/mol. The van der Waals surface area contributed by atoms with Gasteiger partial charge in [0.25, 0.3) is 0 Å². The molecule has 10 heteroatoms. The van der Waals surface area contributed by atoms with Crippen molar-refractivity contribution < 1.29 is 31.1 Å². The molecule has 24 heavy (non-hydrogen) atoms. The molecule has 0 fully saturated rings. The molecule has 1 aromatic carbocycles. The number of anilines is 1. The summed E-state index contributed by atoms with van der Waals surface area (Å²) < 4.78 is 74.9. The van der Waals surface area contributed by atoms with Crippen LogP contribution in [0.25, 0.3) is 11.3 Å². The van der Waals surface area contributed by atoms with Gasteiger partial charge >= 0.3 is 12.4 Å². The van der Waals surface area contributed by atoms with Crippen LogP contribution in [-0.4, -0.2) is 23.2 Å². The van der Waals surface area contributed by atoms with Crippen LogP contribution in [0.3, 0.4) is 0 Å². The molecule has 2 rings (SSSR count). The highest BCUT2D eigenvalue weighted by Crippen LogP contribution is 2.40. The lowest BCUT2D eigenvalue weighted by molar-refractivity contribution is -0.272. The first-order chi connectivity index (χ1) is 11.0. The normalized spacial score (nSPS) is 12.5. The van der Waals surface area contributed by atoms with Gasteiger partial charge in [-0.15, -0.1) is 11.3 Å². The Morgan fingerprint density at radius 3 is 2.12 bits per heavy atom. The predicted octanol–water partition coefficient (Wildman–Crippen LogP) is 4.80. The molecule has 0 aliphatic heterocycles. The molecule has 1 N–H and O–H groups in total. The third-order valence-corrected chi connectivity index (χ3v) is 3.76. The lowest BCUT2D eigenvalue weighted by Gasteiger charge is -2.21. The highest BCUT2D eigenvalue weighted by Gasteiger charge is 2.61. The SMILES string of the molecule is Cc1ccc(-c2csc(NC(=O)C(C(F)(F)F)C(F)(F)F)n2)cc1. The van der Waals surface area contributed by atoms with Crippen molar-refractivity contribution in [3.05, 3.63) is 35.2 Å².